The third-order valence-electron chi connectivity index (χ3n) is 5.41. The zero-order valence-corrected chi connectivity index (χ0v) is 18.7. The summed E-state index contributed by atoms with van der Waals surface area (Å²) in [5.74, 6) is -0.347. The lowest BCUT2D eigenvalue weighted by molar-refractivity contribution is -0.123. The van der Waals surface area contributed by atoms with E-state index in [1.807, 2.05) is 91.9 Å². The van der Waals surface area contributed by atoms with Crippen LogP contribution in [0.25, 0.3) is 0 Å². The Balaban J connectivity index is 1.50. The highest BCUT2D eigenvalue weighted by Crippen LogP contribution is 2.28. The summed E-state index contributed by atoms with van der Waals surface area (Å²) in [5, 5.41) is 5.94. The number of rotatable bonds is 8. The van der Waals surface area contributed by atoms with Gasteiger partial charge in [0, 0.05) is 13.1 Å². The van der Waals surface area contributed by atoms with E-state index in [1.165, 1.54) is 0 Å². The summed E-state index contributed by atoms with van der Waals surface area (Å²) in [6.07, 6.45) is 0. The van der Waals surface area contributed by atoms with Crippen molar-refractivity contribution in [3.8, 4) is 0 Å². The van der Waals surface area contributed by atoms with E-state index in [4.69, 9.17) is 0 Å². The van der Waals surface area contributed by atoms with Crippen LogP contribution in [0.1, 0.15) is 42.0 Å². The van der Waals surface area contributed by atoms with Crippen LogP contribution in [0.3, 0.4) is 0 Å². The molecule has 0 aliphatic carbocycles. The summed E-state index contributed by atoms with van der Waals surface area (Å²) in [5.41, 5.74) is 3.84. The molecule has 5 heteroatoms. The first-order chi connectivity index (χ1) is 14.9. The molecule has 0 radical (unpaired) electrons. The Labute approximate surface area is 189 Å². The van der Waals surface area contributed by atoms with Crippen molar-refractivity contribution in [3.63, 3.8) is 0 Å². The van der Waals surface area contributed by atoms with Crippen molar-refractivity contribution in [2.75, 3.05) is 0 Å². The standard InChI is InChI=1S/C26H28N2O2S/c1-19(22-9-5-3-6-10-22)24(29)27-17-20-13-15-21(16-14-20)18-28-25(30)26(2,31)23-11-7-4-8-12-23/h3-16,19,31H,17-18H2,1-2H3,(H,27,29)(H,28,30)/t19-,26-/m0/s1. The first kappa shape index (κ1) is 22.6. The van der Waals surface area contributed by atoms with Gasteiger partial charge in [-0.1, -0.05) is 84.9 Å². The van der Waals surface area contributed by atoms with Gasteiger partial charge in [0.25, 0.3) is 0 Å². The second-order valence-corrected chi connectivity index (χ2v) is 8.68. The molecule has 0 saturated carbocycles. The lowest BCUT2D eigenvalue weighted by Crippen LogP contribution is -2.38. The maximum Gasteiger partial charge on any atom is 0.240 e. The highest BCUT2D eigenvalue weighted by atomic mass is 32.1. The second-order valence-electron chi connectivity index (χ2n) is 7.79. The zero-order valence-electron chi connectivity index (χ0n) is 17.8. The smallest absolute Gasteiger partial charge is 0.240 e. The topological polar surface area (TPSA) is 58.2 Å². The Bertz CT molecular complexity index is 1000. The molecule has 3 rings (SSSR count). The SMILES string of the molecule is C[C@H](C(=O)NCc1ccc(CNC(=O)[C@@](C)(S)c2ccccc2)cc1)c1ccccc1. The fourth-order valence-electron chi connectivity index (χ4n) is 3.26. The first-order valence-electron chi connectivity index (χ1n) is 10.3. The van der Waals surface area contributed by atoms with Crippen LogP contribution in [0.15, 0.2) is 84.9 Å². The normalized spacial score (nSPS) is 13.6. The molecule has 0 heterocycles. The summed E-state index contributed by atoms with van der Waals surface area (Å²) in [4.78, 5) is 25.0. The monoisotopic (exact) mass is 432 g/mol. The van der Waals surface area contributed by atoms with Crippen LogP contribution in [0.2, 0.25) is 0 Å². The molecule has 0 fully saturated rings. The predicted molar refractivity (Wildman–Crippen MR) is 128 cm³/mol. The summed E-state index contributed by atoms with van der Waals surface area (Å²) < 4.78 is -0.902. The Hall–Kier alpha value is -3.05. The predicted octanol–water partition coefficient (Wildman–Crippen LogP) is 4.57. The fraction of sp³-hybridized carbons (Fsp3) is 0.231. The molecule has 3 aromatic carbocycles. The summed E-state index contributed by atoms with van der Waals surface area (Å²) in [6, 6.07) is 27.1. The van der Waals surface area contributed by atoms with E-state index < -0.39 is 4.75 Å². The Morgan fingerprint density at radius 1 is 0.806 bits per heavy atom. The van der Waals surface area contributed by atoms with Gasteiger partial charge < -0.3 is 10.6 Å². The molecule has 0 spiro atoms. The van der Waals surface area contributed by atoms with Crippen molar-refractivity contribution >= 4 is 24.4 Å². The van der Waals surface area contributed by atoms with Gasteiger partial charge in [-0.15, -0.1) is 0 Å². The van der Waals surface area contributed by atoms with Gasteiger partial charge in [-0.2, -0.15) is 12.6 Å². The van der Waals surface area contributed by atoms with Crippen molar-refractivity contribution in [2.45, 2.75) is 37.6 Å². The number of hydrogen-bond acceptors (Lipinski definition) is 3. The number of benzene rings is 3. The number of amides is 2. The van der Waals surface area contributed by atoms with Gasteiger partial charge in [0.1, 0.15) is 4.75 Å². The number of thiol groups is 1. The Kier molecular flexibility index (Phi) is 7.53. The molecular formula is C26H28N2O2S. The molecule has 0 unspecified atom stereocenters. The van der Waals surface area contributed by atoms with Gasteiger partial charge in [-0.05, 0) is 36.1 Å². The summed E-state index contributed by atoms with van der Waals surface area (Å²) >= 11 is 4.57. The van der Waals surface area contributed by atoms with Crippen molar-refractivity contribution in [1.82, 2.24) is 10.6 Å². The van der Waals surface area contributed by atoms with Crippen LogP contribution >= 0.6 is 12.6 Å². The third-order valence-corrected chi connectivity index (χ3v) is 5.87. The highest BCUT2D eigenvalue weighted by Gasteiger charge is 2.30. The molecule has 0 saturated heterocycles. The molecule has 0 aliphatic rings. The second kappa shape index (κ2) is 10.3. The molecule has 2 amide bonds. The lowest BCUT2D eigenvalue weighted by Gasteiger charge is -2.23. The van der Waals surface area contributed by atoms with Gasteiger partial charge >= 0.3 is 0 Å². The minimum atomic E-state index is -0.902. The van der Waals surface area contributed by atoms with Crippen molar-refractivity contribution in [2.24, 2.45) is 0 Å². The van der Waals surface area contributed by atoms with Crippen LogP contribution in [-0.2, 0) is 27.4 Å². The van der Waals surface area contributed by atoms with E-state index in [0.29, 0.717) is 13.1 Å². The van der Waals surface area contributed by atoms with E-state index in [2.05, 4.69) is 23.3 Å². The molecule has 160 valence electrons. The van der Waals surface area contributed by atoms with E-state index in [9.17, 15) is 9.59 Å². The average molecular weight is 433 g/mol. The van der Waals surface area contributed by atoms with Crippen molar-refractivity contribution < 1.29 is 9.59 Å². The van der Waals surface area contributed by atoms with E-state index in [0.717, 1.165) is 22.3 Å². The van der Waals surface area contributed by atoms with Crippen LogP contribution in [0, 0.1) is 0 Å². The molecule has 2 N–H and O–H groups in total. The van der Waals surface area contributed by atoms with E-state index >= 15 is 0 Å². The van der Waals surface area contributed by atoms with Gasteiger partial charge in [-0.25, -0.2) is 0 Å². The number of hydrogen-bond donors (Lipinski definition) is 3. The quantitative estimate of drug-likeness (QED) is 0.457. The van der Waals surface area contributed by atoms with Gasteiger partial charge in [0.15, 0.2) is 0 Å². The molecule has 0 aliphatic heterocycles. The van der Waals surface area contributed by atoms with E-state index in [-0.39, 0.29) is 17.7 Å². The minimum absolute atomic E-state index is 0.00323. The highest BCUT2D eigenvalue weighted by molar-refractivity contribution is 7.82. The molecule has 0 bridgehead atoms. The number of carbonyl (C=O) groups is 2. The largest absolute Gasteiger partial charge is 0.352 e. The van der Waals surface area contributed by atoms with Gasteiger partial charge in [-0.3, -0.25) is 9.59 Å². The van der Waals surface area contributed by atoms with Crippen LogP contribution < -0.4 is 10.6 Å². The Morgan fingerprint density at radius 2 is 1.29 bits per heavy atom. The minimum Gasteiger partial charge on any atom is -0.352 e. The van der Waals surface area contributed by atoms with Crippen LogP contribution in [0.5, 0.6) is 0 Å². The molecule has 31 heavy (non-hydrogen) atoms. The van der Waals surface area contributed by atoms with Crippen molar-refractivity contribution in [1.29, 1.82) is 0 Å². The van der Waals surface area contributed by atoms with Crippen molar-refractivity contribution in [3.05, 3.63) is 107 Å². The summed E-state index contributed by atoms with van der Waals surface area (Å²) in [7, 11) is 0. The van der Waals surface area contributed by atoms with Crippen LogP contribution in [-0.4, -0.2) is 11.8 Å². The van der Waals surface area contributed by atoms with Crippen LogP contribution in [0.4, 0.5) is 0 Å². The number of carbonyl (C=O) groups excluding carboxylic acids is 2. The third kappa shape index (κ3) is 5.98. The van der Waals surface area contributed by atoms with Gasteiger partial charge in [0.2, 0.25) is 11.8 Å². The molecule has 4 nitrogen and oxygen atoms in total. The maximum atomic E-state index is 12.6. The average Bonchev–Trinajstić information content (AvgIpc) is 2.82. The van der Waals surface area contributed by atoms with Gasteiger partial charge in [0.05, 0.1) is 5.92 Å². The Morgan fingerprint density at radius 3 is 1.84 bits per heavy atom. The molecule has 0 aromatic heterocycles. The lowest BCUT2D eigenvalue weighted by atomic mass is 9.99. The molecule has 2 atom stereocenters. The first-order valence-corrected chi connectivity index (χ1v) is 10.8. The fourth-order valence-corrected chi connectivity index (χ4v) is 3.49. The molecular weight excluding hydrogens is 404 g/mol. The number of nitrogens with one attached hydrogen (secondary N) is 2. The van der Waals surface area contributed by atoms with E-state index in [1.54, 1.807) is 6.92 Å². The molecule has 3 aromatic rings. The summed E-state index contributed by atoms with van der Waals surface area (Å²) in [6.45, 7) is 4.58. The maximum absolute atomic E-state index is 12.6. The zero-order chi connectivity index (χ0) is 22.3.